The number of nitrogens with zero attached hydrogens (tertiary/aromatic N) is 3. The number of aryl methyl sites for hydroxylation is 1. The molecule has 2 rings (SSSR count). The molecule has 0 saturated heterocycles. The number of esters is 1. The lowest BCUT2D eigenvalue weighted by Gasteiger charge is -2.13. The summed E-state index contributed by atoms with van der Waals surface area (Å²) in [5.74, 6) is -0.192. The summed E-state index contributed by atoms with van der Waals surface area (Å²) in [5.41, 5.74) is 12.0. The Morgan fingerprint density at radius 2 is 1.80 bits per heavy atom. The molecule has 0 aliphatic carbocycles. The number of carbonyl (C=O) groups is 1. The molecule has 2 aromatic rings. The lowest BCUT2D eigenvalue weighted by Crippen LogP contribution is -2.01. The number of methoxy groups -OCH3 is 1. The zero-order valence-electron chi connectivity index (χ0n) is 14.1. The molecular weight excluding hydrogens is 338 g/mol. The molecule has 5 nitrogen and oxygen atoms in total. The monoisotopic (exact) mass is 357 g/mol. The van der Waals surface area contributed by atoms with Gasteiger partial charge in [-0.2, -0.15) is 0 Å². The van der Waals surface area contributed by atoms with Crippen LogP contribution < -0.4 is 0 Å². The Balaban J connectivity index is 2.02. The van der Waals surface area contributed by atoms with E-state index in [2.05, 4.69) is 14.8 Å². The third-order valence-corrected chi connectivity index (χ3v) is 4.22. The first-order chi connectivity index (χ1) is 12.1. The summed E-state index contributed by atoms with van der Waals surface area (Å²) in [6.45, 7) is 0. The minimum atomic E-state index is -0.268. The summed E-state index contributed by atoms with van der Waals surface area (Å²) in [7, 11) is 1.40. The van der Waals surface area contributed by atoms with Crippen LogP contribution in [-0.4, -0.2) is 13.1 Å². The molecule has 25 heavy (non-hydrogen) atoms. The normalized spacial score (nSPS) is 11.4. The van der Waals surface area contributed by atoms with E-state index in [0.29, 0.717) is 17.9 Å². The smallest absolute Gasteiger partial charge is 0.305 e. The first kappa shape index (κ1) is 18.8. The average molecular weight is 358 g/mol. The molecule has 6 heteroatoms. The van der Waals surface area contributed by atoms with Gasteiger partial charge in [0.05, 0.1) is 13.2 Å². The predicted octanol–water partition coefficient (Wildman–Crippen LogP) is 5.43. The fourth-order valence-corrected chi connectivity index (χ4v) is 2.70. The SMILES string of the molecule is COC(=O)CCCc1ccc(C(Cc2ccc(Cl)cc2)N=[N+]=[N-])cc1. The van der Waals surface area contributed by atoms with Crippen LogP contribution >= 0.6 is 11.6 Å². The lowest BCUT2D eigenvalue weighted by molar-refractivity contribution is -0.140. The van der Waals surface area contributed by atoms with Crippen molar-refractivity contribution in [1.82, 2.24) is 0 Å². The summed E-state index contributed by atoms with van der Waals surface area (Å²) >= 11 is 5.90. The second kappa shape index (κ2) is 9.72. The zero-order chi connectivity index (χ0) is 18.1. The van der Waals surface area contributed by atoms with Crippen LogP contribution in [0.25, 0.3) is 10.4 Å². The van der Waals surface area contributed by atoms with Crippen molar-refractivity contribution in [2.45, 2.75) is 31.7 Å². The van der Waals surface area contributed by atoms with Crippen molar-refractivity contribution < 1.29 is 9.53 Å². The molecule has 1 unspecified atom stereocenters. The highest BCUT2D eigenvalue weighted by molar-refractivity contribution is 6.30. The molecule has 0 spiro atoms. The van der Waals surface area contributed by atoms with Crippen LogP contribution in [0, 0.1) is 0 Å². The predicted molar refractivity (Wildman–Crippen MR) is 98.4 cm³/mol. The second-order valence-electron chi connectivity index (χ2n) is 5.72. The first-order valence-electron chi connectivity index (χ1n) is 8.06. The molecule has 1 atom stereocenters. The molecule has 0 aliphatic rings. The highest BCUT2D eigenvalue weighted by Gasteiger charge is 2.11. The van der Waals surface area contributed by atoms with E-state index < -0.39 is 0 Å². The van der Waals surface area contributed by atoms with Gasteiger partial charge in [0.2, 0.25) is 0 Å². The Morgan fingerprint density at radius 3 is 2.40 bits per heavy atom. The second-order valence-corrected chi connectivity index (χ2v) is 6.16. The molecule has 0 saturated carbocycles. The third kappa shape index (κ3) is 6.14. The lowest BCUT2D eigenvalue weighted by atomic mass is 9.97. The van der Waals surface area contributed by atoms with Gasteiger partial charge in [-0.25, -0.2) is 0 Å². The summed E-state index contributed by atoms with van der Waals surface area (Å²) in [4.78, 5) is 14.1. The fraction of sp³-hybridized carbons (Fsp3) is 0.316. The summed E-state index contributed by atoms with van der Waals surface area (Å²) in [6, 6.07) is 15.2. The van der Waals surface area contributed by atoms with Gasteiger partial charge < -0.3 is 4.74 Å². The van der Waals surface area contributed by atoms with Crippen LogP contribution in [0.5, 0.6) is 0 Å². The minimum Gasteiger partial charge on any atom is -0.469 e. The molecule has 0 N–H and O–H groups in total. The standard InChI is InChI=1S/C19H20ClN3O2/c1-25-19(24)4-2-3-14-5-9-16(10-6-14)18(22-23-21)13-15-7-11-17(20)12-8-15/h5-12,18H,2-4,13H2,1H3. The largest absolute Gasteiger partial charge is 0.469 e. The van der Waals surface area contributed by atoms with Crippen LogP contribution in [0.4, 0.5) is 0 Å². The van der Waals surface area contributed by atoms with E-state index in [1.807, 2.05) is 48.5 Å². The van der Waals surface area contributed by atoms with Crippen LogP contribution in [-0.2, 0) is 22.4 Å². The van der Waals surface area contributed by atoms with E-state index in [4.69, 9.17) is 17.1 Å². The van der Waals surface area contributed by atoms with Crippen molar-refractivity contribution >= 4 is 17.6 Å². The Kier molecular flexibility index (Phi) is 7.33. The number of carbonyl (C=O) groups excluding carboxylic acids is 1. The van der Waals surface area contributed by atoms with Gasteiger partial charge in [-0.05, 0) is 53.6 Å². The van der Waals surface area contributed by atoms with E-state index in [-0.39, 0.29) is 12.0 Å². The quantitative estimate of drug-likeness (QED) is 0.273. The molecule has 0 aliphatic heterocycles. The van der Waals surface area contributed by atoms with Gasteiger partial charge in [0, 0.05) is 16.4 Å². The van der Waals surface area contributed by atoms with Crippen molar-refractivity contribution in [2.75, 3.05) is 7.11 Å². The van der Waals surface area contributed by atoms with Crippen molar-refractivity contribution in [3.63, 3.8) is 0 Å². The number of benzene rings is 2. The Hall–Kier alpha value is -2.49. The molecular formula is C19H20ClN3O2. The summed E-state index contributed by atoms with van der Waals surface area (Å²) in [6.07, 6.45) is 2.58. The maximum Gasteiger partial charge on any atom is 0.305 e. The van der Waals surface area contributed by atoms with Crippen molar-refractivity contribution in [3.8, 4) is 0 Å². The molecule has 0 amide bonds. The first-order valence-corrected chi connectivity index (χ1v) is 8.44. The van der Waals surface area contributed by atoms with Crippen molar-refractivity contribution in [1.29, 1.82) is 0 Å². The van der Waals surface area contributed by atoms with E-state index in [0.717, 1.165) is 29.5 Å². The Labute approximate surface area is 152 Å². The van der Waals surface area contributed by atoms with E-state index >= 15 is 0 Å². The van der Waals surface area contributed by atoms with Gasteiger partial charge in [-0.15, -0.1) is 0 Å². The van der Waals surface area contributed by atoms with Gasteiger partial charge in [-0.1, -0.05) is 53.1 Å². The maximum absolute atomic E-state index is 11.1. The molecule has 0 fully saturated rings. The van der Waals surface area contributed by atoms with Crippen LogP contribution in [0.2, 0.25) is 5.02 Å². The molecule has 0 aromatic heterocycles. The van der Waals surface area contributed by atoms with Crippen molar-refractivity contribution in [2.24, 2.45) is 5.11 Å². The summed E-state index contributed by atoms with van der Waals surface area (Å²) < 4.78 is 4.64. The molecule has 0 heterocycles. The number of hydrogen-bond donors (Lipinski definition) is 0. The average Bonchev–Trinajstić information content (AvgIpc) is 2.63. The summed E-state index contributed by atoms with van der Waals surface area (Å²) in [5, 5.41) is 4.61. The number of ether oxygens (including phenoxy) is 1. The van der Waals surface area contributed by atoms with Gasteiger partial charge in [0.25, 0.3) is 0 Å². The zero-order valence-corrected chi connectivity index (χ0v) is 14.8. The molecule has 2 aromatic carbocycles. The Morgan fingerprint density at radius 1 is 1.16 bits per heavy atom. The Bertz CT molecular complexity index is 738. The van der Waals surface area contributed by atoms with Gasteiger partial charge in [0.1, 0.15) is 0 Å². The van der Waals surface area contributed by atoms with E-state index in [9.17, 15) is 4.79 Å². The number of rotatable bonds is 8. The minimum absolute atomic E-state index is 0.192. The van der Waals surface area contributed by atoms with Crippen LogP contribution in [0.3, 0.4) is 0 Å². The topological polar surface area (TPSA) is 75.1 Å². The maximum atomic E-state index is 11.1. The molecule has 0 bridgehead atoms. The van der Waals surface area contributed by atoms with E-state index in [1.54, 1.807) is 0 Å². The van der Waals surface area contributed by atoms with Crippen molar-refractivity contribution in [3.05, 3.63) is 80.7 Å². The van der Waals surface area contributed by atoms with Gasteiger partial charge in [-0.3, -0.25) is 4.79 Å². The van der Waals surface area contributed by atoms with Crippen LogP contribution in [0.1, 0.15) is 35.6 Å². The number of hydrogen-bond acceptors (Lipinski definition) is 3. The molecule has 0 radical (unpaired) electrons. The van der Waals surface area contributed by atoms with Gasteiger partial charge >= 0.3 is 5.97 Å². The van der Waals surface area contributed by atoms with Crippen LogP contribution in [0.15, 0.2) is 53.6 Å². The highest BCUT2D eigenvalue weighted by atomic mass is 35.5. The third-order valence-electron chi connectivity index (χ3n) is 3.97. The molecule has 130 valence electrons. The fourth-order valence-electron chi connectivity index (χ4n) is 2.58. The highest BCUT2D eigenvalue weighted by Crippen LogP contribution is 2.24. The number of halogens is 1. The van der Waals surface area contributed by atoms with E-state index in [1.165, 1.54) is 7.11 Å². The van der Waals surface area contributed by atoms with Gasteiger partial charge in [0.15, 0.2) is 0 Å². The number of azide groups is 1.